The van der Waals surface area contributed by atoms with Gasteiger partial charge in [0, 0.05) is 31.2 Å². The van der Waals surface area contributed by atoms with Crippen LogP contribution in [-0.4, -0.2) is 51.4 Å². The van der Waals surface area contributed by atoms with E-state index >= 15 is 0 Å². The van der Waals surface area contributed by atoms with Crippen LogP contribution in [0.15, 0.2) is 15.6 Å². The lowest BCUT2D eigenvalue weighted by Gasteiger charge is -2.29. The first-order chi connectivity index (χ1) is 12.1. The monoisotopic (exact) mass is 361 g/mol. The van der Waals surface area contributed by atoms with Crippen molar-refractivity contribution in [3.8, 4) is 0 Å². The Kier molecular flexibility index (Phi) is 4.77. The van der Waals surface area contributed by atoms with Crippen molar-refractivity contribution in [1.82, 2.24) is 10.1 Å². The van der Waals surface area contributed by atoms with E-state index in [1.54, 1.807) is 11.0 Å². The molecule has 0 radical (unpaired) electrons. The van der Waals surface area contributed by atoms with Crippen molar-refractivity contribution >= 4 is 17.5 Å². The number of carbonyl (C=O) groups is 2. The summed E-state index contributed by atoms with van der Waals surface area (Å²) in [5, 5.41) is 14.1. The van der Waals surface area contributed by atoms with Gasteiger partial charge in [-0.1, -0.05) is 32.9 Å². The molecule has 2 amide bonds. The first-order valence-corrected chi connectivity index (χ1v) is 9.14. The number of likely N-dealkylation sites (tertiary alicyclic amines) is 1. The molecule has 0 unspecified atom stereocenters. The molecule has 1 fully saturated rings. The van der Waals surface area contributed by atoms with Crippen molar-refractivity contribution < 1.29 is 19.2 Å². The molecule has 0 saturated carbocycles. The van der Waals surface area contributed by atoms with Gasteiger partial charge in [-0.3, -0.25) is 9.59 Å². The van der Waals surface area contributed by atoms with Gasteiger partial charge in [0.05, 0.1) is 23.3 Å². The summed E-state index contributed by atoms with van der Waals surface area (Å²) in [5.74, 6) is -0.205. The highest BCUT2D eigenvalue weighted by atomic mass is 16.5. The number of aliphatic imine (C=N–C) groups is 1. The van der Waals surface area contributed by atoms with Crippen molar-refractivity contribution in [2.24, 2.45) is 16.3 Å². The van der Waals surface area contributed by atoms with Crippen LogP contribution in [-0.2, 0) is 9.59 Å². The smallest absolute Gasteiger partial charge is 0.251 e. The molecule has 3 atom stereocenters. The van der Waals surface area contributed by atoms with E-state index in [9.17, 15) is 14.7 Å². The number of β-amino-alcohol motifs (C(OH)–C–C–N with tert-alkyl or cyclic N) is 1. The summed E-state index contributed by atoms with van der Waals surface area (Å²) in [5.41, 5.74) is 0.877. The van der Waals surface area contributed by atoms with Gasteiger partial charge in [0.15, 0.2) is 0 Å². The lowest BCUT2D eigenvalue weighted by molar-refractivity contribution is -0.134. The van der Waals surface area contributed by atoms with Crippen LogP contribution in [0.1, 0.15) is 57.9 Å². The molecule has 1 aromatic rings. The SMILES string of the molecule is Cc1cc([C@@H](C(=O)N2C[C@H](O)C[C@H]2C2=NC(=O)C(C)(C)C2)C(C)C)on1. The van der Waals surface area contributed by atoms with Crippen LogP contribution in [0, 0.1) is 18.3 Å². The number of aliphatic hydroxyl groups is 1. The highest BCUT2D eigenvalue weighted by molar-refractivity contribution is 6.09. The zero-order valence-corrected chi connectivity index (χ0v) is 16.0. The quantitative estimate of drug-likeness (QED) is 0.886. The largest absolute Gasteiger partial charge is 0.391 e. The molecule has 0 aliphatic carbocycles. The van der Waals surface area contributed by atoms with E-state index in [1.807, 2.05) is 34.6 Å². The van der Waals surface area contributed by atoms with Gasteiger partial charge in [0.2, 0.25) is 5.91 Å². The van der Waals surface area contributed by atoms with Gasteiger partial charge in [-0.05, 0) is 12.8 Å². The number of hydrogen-bond donors (Lipinski definition) is 1. The summed E-state index contributed by atoms with van der Waals surface area (Å²) in [6.07, 6.45) is 0.310. The molecule has 26 heavy (non-hydrogen) atoms. The number of aromatic nitrogens is 1. The number of hydrogen-bond acceptors (Lipinski definition) is 5. The zero-order chi connectivity index (χ0) is 19.2. The second kappa shape index (κ2) is 6.61. The van der Waals surface area contributed by atoms with E-state index in [-0.39, 0.29) is 30.3 Å². The van der Waals surface area contributed by atoms with Gasteiger partial charge in [0.25, 0.3) is 5.91 Å². The maximum Gasteiger partial charge on any atom is 0.251 e. The summed E-state index contributed by atoms with van der Waals surface area (Å²) in [6.45, 7) is 9.70. The summed E-state index contributed by atoms with van der Waals surface area (Å²) in [6, 6.07) is 1.44. The van der Waals surface area contributed by atoms with E-state index in [1.165, 1.54) is 0 Å². The molecule has 2 aliphatic heterocycles. The molecule has 3 rings (SSSR count). The van der Waals surface area contributed by atoms with Crippen LogP contribution in [0.3, 0.4) is 0 Å². The molecule has 0 spiro atoms. The molecule has 1 saturated heterocycles. The standard InChI is InChI=1S/C19H27N3O4/c1-10(2)16(15-6-11(3)21-26-15)17(24)22-9-12(23)7-14(22)13-8-19(4,5)18(25)20-13/h6,10,12,14,16,23H,7-9H2,1-5H3/t12-,14+,16+/m1/s1. The van der Waals surface area contributed by atoms with Gasteiger partial charge in [-0.25, -0.2) is 4.99 Å². The minimum atomic E-state index is -0.616. The third kappa shape index (κ3) is 3.32. The molecule has 0 aromatic carbocycles. The molecular formula is C19H27N3O4. The Bertz CT molecular complexity index is 750. The molecule has 2 aliphatic rings. The Morgan fingerprint density at radius 2 is 2.12 bits per heavy atom. The first kappa shape index (κ1) is 18.8. The van der Waals surface area contributed by atoms with Crippen LogP contribution in [0.25, 0.3) is 0 Å². The van der Waals surface area contributed by atoms with E-state index in [4.69, 9.17) is 4.52 Å². The van der Waals surface area contributed by atoms with E-state index in [2.05, 4.69) is 10.1 Å². The Morgan fingerprint density at radius 1 is 1.42 bits per heavy atom. The molecule has 1 aromatic heterocycles. The number of aliphatic hydroxyl groups excluding tert-OH is 1. The predicted molar refractivity (Wildman–Crippen MR) is 95.8 cm³/mol. The third-order valence-electron chi connectivity index (χ3n) is 5.28. The first-order valence-electron chi connectivity index (χ1n) is 9.14. The lowest BCUT2D eigenvalue weighted by atomic mass is 9.86. The number of carbonyl (C=O) groups excluding carboxylic acids is 2. The summed E-state index contributed by atoms with van der Waals surface area (Å²) in [7, 11) is 0. The minimum absolute atomic E-state index is 0.0110. The van der Waals surface area contributed by atoms with Crippen molar-refractivity contribution in [3.63, 3.8) is 0 Å². The number of aryl methyl sites for hydroxylation is 1. The lowest BCUT2D eigenvalue weighted by Crippen LogP contribution is -2.44. The summed E-state index contributed by atoms with van der Waals surface area (Å²) < 4.78 is 5.36. The summed E-state index contributed by atoms with van der Waals surface area (Å²) in [4.78, 5) is 31.3. The Balaban J connectivity index is 1.89. The van der Waals surface area contributed by atoms with Gasteiger partial charge >= 0.3 is 0 Å². The molecule has 7 heteroatoms. The number of rotatable bonds is 4. The van der Waals surface area contributed by atoms with Crippen LogP contribution in [0.5, 0.6) is 0 Å². The fraction of sp³-hybridized carbons (Fsp3) is 0.684. The molecular weight excluding hydrogens is 334 g/mol. The average Bonchev–Trinajstić information content (AvgIpc) is 3.18. The highest BCUT2D eigenvalue weighted by Gasteiger charge is 2.46. The van der Waals surface area contributed by atoms with Gasteiger partial charge < -0.3 is 14.5 Å². The van der Waals surface area contributed by atoms with Crippen LogP contribution in [0.4, 0.5) is 0 Å². The van der Waals surface area contributed by atoms with Crippen molar-refractivity contribution in [2.75, 3.05) is 6.54 Å². The van der Waals surface area contributed by atoms with Gasteiger partial charge in [0.1, 0.15) is 11.7 Å². The van der Waals surface area contributed by atoms with Crippen LogP contribution in [0.2, 0.25) is 0 Å². The van der Waals surface area contributed by atoms with Gasteiger partial charge in [-0.2, -0.15) is 0 Å². The Hall–Kier alpha value is -2.02. The fourth-order valence-corrected chi connectivity index (χ4v) is 3.86. The topological polar surface area (TPSA) is 96.0 Å². The molecule has 0 bridgehead atoms. The summed E-state index contributed by atoms with van der Waals surface area (Å²) >= 11 is 0. The van der Waals surface area contributed by atoms with Crippen molar-refractivity contribution in [3.05, 3.63) is 17.5 Å². The molecule has 142 valence electrons. The third-order valence-corrected chi connectivity index (χ3v) is 5.28. The second-order valence-corrected chi connectivity index (χ2v) is 8.46. The maximum atomic E-state index is 13.3. The van der Waals surface area contributed by atoms with Crippen LogP contribution >= 0.6 is 0 Å². The second-order valence-electron chi connectivity index (χ2n) is 8.46. The highest BCUT2D eigenvalue weighted by Crippen LogP contribution is 2.36. The molecule has 7 nitrogen and oxygen atoms in total. The average molecular weight is 361 g/mol. The molecule has 3 heterocycles. The van der Waals surface area contributed by atoms with E-state index < -0.39 is 17.4 Å². The Morgan fingerprint density at radius 3 is 2.62 bits per heavy atom. The fourth-order valence-electron chi connectivity index (χ4n) is 3.86. The van der Waals surface area contributed by atoms with E-state index in [0.29, 0.717) is 24.3 Å². The predicted octanol–water partition coefficient (Wildman–Crippen LogP) is 2.08. The van der Waals surface area contributed by atoms with Crippen molar-refractivity contribution in [1.29, 1.82) is 0 Å². The van der Waals surface area contributed by atoms with Crippen molar-refractivity contribution in [2.45, 2.75) is 65.5 Å². The minimum Gasteiger partial charge on any atom is -0.391 e. The maximum absolute atomic E-state index is 13.3. The normalized spacial score (nSPS) is 26.5. The zero-order valence-electron chi connectivity index (χ0n) is 16.0. The van der Waals surface area contributed by atoms with Gasteiger partial charge in [-0.15, -0.1) is 0 Å². The van der Waals surface area contributed by atoms with E-state index in [0.717, 1.165) is 5.69 Å². The molecule has 1 N–H and O–H groups in total. The number of nitrogens with zero attached hydrogens (tertiary/aromatic N) is 3. The Labute approximate surface area is 153 Å². The number of amides is 2. The van der Waals surface area contributed by atoms with Crippen LogP contribution < -0.4 is 0 Å².